The number of hydrogen-bond donors (Lipinski definition) is 2. The molecule has 0 atom stereocenters. The van der Waals surface area contributed by atoms with Crippen LogP contribution in [0.4, 0.5) is 5.69 Å². The number of nitrogens with one attached hydrogen (secondary N) is 2. The zero-order valence-electron chi connectivity index (χ0n) is 5.41. The van der Waals surface area contributed by atoms with E-state index in [9.17, 15) is 0 Å². The highest BCUT2D eigenvalue weighted by atomic mass is 15.3. The van der Waals surface area contributed by atoms with Crippen LogP contribution in [-0.4, -0.2) is 10.2 Å². The summed E-state index contributed by atoms with van der Waals surface area (Å²) in [6.45, 7) is 3.47. The molecule has 1 aromatic heterocycles. The van der Waals surface area contributed by atoms with Crippen molar-refractivity contribution in [3.63, 3.8) is 0 Å². The van der Waals surface area contributed by atoms with Gasteiger partial charge in [0.05, 0.1) is 18.1 Å². The van der Waals surface area contributed by atoms with Crippen molar-refractivity contribution in [2.24, 2.45) is 0 Å². The molecule has 1 heterocycles. The second-order valence-electron chi connectivity index (χ2n) is 1.60. The molecule has 4 heteroatoms. The molecule has 0 saturated carbocycles. The fourth-order valence-corrected chi connectivity index (χ4v) is 0.499. The zero-order valence-corrected chi connectivity index (χ0v) is 5.41. The Balaban J connectivity index is 2.50. The normalized spacial score (nSPS) is 8.40. The second kappa shape index (κ2) is 3.45. The number of nitrogens with zero attached hydrogens (tertiary/aromatic N) is 2. The molecule has 1 rings (SSSR count). The highest BCUT2D eigenvalue weighted by molar-refractivity contribution is 5.37. The zero-order chi connectivity index (χ0) is 7.23. The van der Waals surface area contributed by atoms with E-state index in [2.05, 4.69) is 27.6 Å². The topological polar surface area (TPSA) is 49.8 Å². The van der Waals surface area contributed by atoms with Gasteiger partial charge in [-0.25, -0.2) is 0 Å². The molecule has 1 aromatic rings. The van der Waals surface area contributed by atoms with Crippen LogP contribution in [0.3, 0.4) is 0 Å². The predicted molar refractivity (Wildman–Crippen MR) is 39.0 cm³/mol. The fraction of sp³-hybridized carbons (Fsp3) is 0. The van der Waals surface area contributed by atoms with Gasteiger partial charge in [-0.1, -0.05) is 6.58 Å². The molecule has 4 nitrogen and oxygen atoms in total. The highest BCUT2D eigenvalue weighted by Crippen LogP contribution is 1.97. The molecule has 0 aliphatic heterocycles. The lowest BCUT2D eigenvalue weighted by molar-refractivity contribution is 0.999. The number of anilines is 1. The maximum atomic E-state index is 3.65. The summed E-state index contributed by atoms with van der Waals surface area (Å²) in [5.74, 6) is 0. The summed E-state index contributed by atoms with van der Waals surface area (Å²) in [7, 11) is 0. The molecule has 52 valence electrons. The van der Waals surface area contributed by atoms with Crippen molar-refractivity contribution < 1.29 is 0 Å². The first-order valence-corrected chi connectivity index (χ1v) is 2.82. The van der Waals surface area contributed by atoms with Gasteiger partial charge in [0.2, 0.25) is 0 Å². The number of aromatic nitrogens is 2. The van der Waals surface area contributed by atoms with Crippen molar-refractivity contribution >= 4 is 5.69 Å². The minimum Gasteiger partial charge on any atom is -0.309 e. The quantitative estimate of drug-likeness (QED) is 0.595. The van der Waals surface area contributed by atoms with Crippen molar-refractivity contribution in [2.75, 3.05) is 5.43 Å². The second-order valence-corrected chi connectivity index (χ2v) is 1.60. The molecule has 0 spiro atoms. The van der Waals surface area contributed by atoms with E-state index in [1.54, 1.807) is 24.7 Å². The van der Waals surface area contributed by atoms with Gasteiger partial charge in [0.1, 0.15) is 0 Å². The first-order valence-electron chi connectivity index (χ1n) is 2.82. The van der Waals surface area contributed by atoms with Gasteiger partial charge in [-0.05, 0) is 6.07 Å². The monoisotopic (exact) mass is 136 g/mol. The van der Waals surface area contributed by atoms with E-state index in [0.29, 0.717) is 0 Å². The van der Waals surface area contributed by atoms with Gasteiger partial charge in [0.25, 0.3) is 0 Å². The van der Waals surface area contributed by atoms with Crippen LogP contribution in [0.25, 0.3) is 0 Å². The molecule has 0 saturated heterocycles. The number of hydrazine groups is 1. The Morgan fingerprint density at radius 2 is 2.40 bits per heavy atom. The molecule has 0 amide bonds. The lowest BCUT2D eigenvalue weighted by atomic mass is 10.5. The van der Waals surface area contributed by atoms with E-state index in [1.165, 1.54) is 0 Å². The maximum Gasteiger partial charge on any atom is 0.0757 e. The Bertz CT molecular complexity index is 196. The molecule has 2 N–H and O–H groups in total. The van der Waals surface area contributed by atoms with Crippen molar-refractivity contribution in [1.29, 1.82) is 0 Å². The van der Waals surface area contributed by atoms with Gasteiger partial charge in [0, 0.05) is 6.20 Å². The minimum atomic E-state index is 0.856. The largest absolute Gasteiger partial charge is 0.309 e. The Hall–Kier alpha value is -1.58. The molecular formula is C6H8N4. The molecule has 0 fully saturated rings. The van der Waals surface area contributed by atoms with E-state index < -0.39 is 0 Å². The van der Waals surface area contributed by atoms with Crippen LogP contribution in [-0.2, 0) is 0 Å². The lowest BCUT2D eigenvalue weighted by Gasteiger charge is -2.01. The SMILES string of the molecule is C=CNNc1ccnnc1. The molecule has 10 heavy (non-hydrogen) atoms. The van der Waals surface area contributed by atoms with Crippen LogP contribution >= 0.6 is 0 Å². The third-order valence-corrected chi connectivity index (χ3v) is 0.903. The fourth-order valence-electron chi connectivity index (χ4n) is 0.499. The molecule has 0 unspecified atom stereocenters. The van der Waals surface area contributed by atoms with Gasteiger partial charge >= 0.3 is 0 Å². The van der Waals surface area contributed by atoms with Crippen LogP contribution in [0.5, 0.6) is 0 Å². The van der Waals surface area contributed by atoms with Gasteiger partial charge in [-0.15, -0.1) is 0 Å². The summed E-state index contributed by atoms with van der Waals surface area (Å²) >= 11 is 0. The Labute approximate surface area is 58.9 Å². The number of hydrogen-bond acceptors (Lipinski definition) is 4. The molecule has 0 aliphatic carbocycles. The van der Waals surface area contributed by atoms with Gasteiger partial charge < -0.3 is 5.43 Å². The van der Waals surface area contributed by atoms with Gasteiger partial charge in [-0.3, -0.25) is 5.43 Å². The average molecular weight is 136 g/mol. The summed E-state index contributed by atoms with van der Waals surface area (Å²) in [6.07, 6.45) is 4.75. The van der Waals surface area contributed by atoms with E-state index in [0.717, 1.165) is 5.69 Å². The Kier molecular flexibility index (Phi) is 2.25. The van der Waals surface area contributed by atoms with Gasteiger partial charge in [-0.2, -0.15) is 10.2 Å². The van der Waals surface area contributed by atoms with E-state index in [1.807, 2.05) is 0 Å². The third-order valence-electron chi connectivity index (χ3n) is 0.903. The van der Waals surface area contributed by atoms with Crippen molar-refractivity contribution in [3.05, 3.63) is 31.2 Å². The van der Waals surface area contributed by atoms with Crippen LogP contribution in [0.15, 0.2) is 31.2 Å². The smallest absolute Gasteiger partial charge is 0.0757 e. The molecule has 0 bridgehead atoms. The minimum absolute atomic E-state index is 0.856. The van der Waals surface area contributed by atoms with Crippen molar-refractivity contribution in [1.82, 2.24) is 15.6 Å². The molecule has 0 aromatic carbocycles. The summed E-state index contributed by atoms with van der Waals surface area (Å²) in [5, 5.41) is 7.26. The maximum absolute atomic E-state index is 3.65. The van der Waals surface area contributed by atoms with Crippen LogP contribution in [0, 0.1) is 0 Å². The van der Waals surface area contributed by atoms with Crippen LogP contribution in [0.2, 0.25) is 0 Å². The number of rotatable bonds is 3. The average Bonchev–Trinajstić information content (AvgIpc) is 2.03. The van der Waals surface area contributed by atoms with E-state index in [4.69, 9.17) is 0 Å². The van der Waals surface area contributed by atoms with Gasteiger partial charge in [0.15, 0.2) is 0 Å². The Morgan fingerprint density at radius 3 is 3.00 bits per heavy atom. The summed E-state index contributed by atoms with van der Waals surface area (Å²) in [6, 6.07) is 1.80. The first kappa shape index (κ1) is 6.54. The standard InChI is InChI=1S/C6H8N4/c1-2-7-10-6-3-4-8-9-5-6/h2-5,7H,1H2,(H,8,10). The van der Waals surface area contributed by atoms with Crippen LogP contribution < -0.4 is 10.9 Å². The van der Waals surface area contributed by atoms with Crippen LogP contribution in [0.1, 0.15) is 0 Å². The molecular weight excluding hydrogens is 128 g/mol. The predicted octanol–water partition coefficient (Wildman–Crippen LogP) is 0.537. The summed E-state index contributed by atoms with van der Waals surface area (Å²) < 4.78 is 0. The van der Waals surface area contributed by atoms with E-state index in [-0.39, 0.29) is 0 Å². The van der Waals surface area contributed by atoms with E-state index >= 15 is 0 Å². The lowest BCUT2D eigenvalue weighted by Crippen LogP contribution is -2.13. The third kappa shape index (κ3) is 1.74. The first-order chi connectivity index (χ1) is 4.93. The highest BCUT2D eigenvalue weighted by Gasteiger charge is 1.83. The summed E-state index contributed by atoms with van der Waals surface area (Å²) in [5.41, 5.74) is 6.39. The summed E-state index contributed by atoms with van der Waals surface area (Å²) in [4.78, 5) is 0. The Morgan fingerprint density at radius 1 is 1.50 bits per heavy atom. The van der Waals surface area contributed by atoms with Crippen molar-refractivity contribution in [2.45, 2.75) is 0 Å². The molecule has 0 radical (unpaired) electrons. The van der Waals surface area contributed by atoms with Crippen molar-refractivity contribution in [3.8, 4) is 0 Å². The molecule has 0 aliphatic rings.